The van der Waals surface area contributed by atoms with E-state index in [-0.39, 0.29) is 5.92 Å². The van der Waals surface area contributed by atoms with E-state index in [1.54, 1.807) is 0 Å². The minimum absolute atomic E-state index is 0.0216. The van der Waals surface area contributed by atoms with Gasteiger partial charge in [-0.2, -0.15) is 0 Å². The SMILES string of the molecule is Cc1ccccc1N(C)CC1COCCC1=O. The molecular weight excluding hydrogens is 214 g/mol. The van der Waals surface area contributed by atoms with Gasteiger partial charge in [-0.1, -0.05) is 18.2 Å². The van der Waals surface area contributed by atoms with Crippen LogP contribution in [0.2, 0.25) is 0 Å². The van der Waals surface area contributed by atoms with Crippen molar-refractivity contribution in [1.29, 1.82) is 0 Å². The molecule has 1 aliphatic rings. The number of carbonyl (C=O) groups excluding carboxylic acids is 1. The first-order valence-electron chi connectivity index (χ1n) is 6.05. The molecule has 1 aromatic rings. The highest BCUT2D eigenvalue weighted by Gasteiger charge is 2.24. The summed E-state index contributed by atoms with van der Waals surface area (Å²) in [5.41, 5.74) is 2.42. The van der Waals surface area contributed by atoms with E-state index in [1.807, 2.05) is 19.2 Å². The first-order chi connectivity index (χ1) is 8.18. The third-order valence-electron chi connectivity index (χ3n) is 3.29. The fourth-order valence-corrected chi connectivity index (χ4v) is 2.27. The van der Waals surface area contributed by atoms with E-state index in [1.165, 1.54) is 11.3 Å². The van der Waals surface area contributed by atoms with Gasteiger partial charge in [-0.05, 0) is 18.6 Å². The molecule has 1 aromatic carbocycles. The van der Waals surface area contributed by atoms with Gasteiger partial charge < -0.3 is 9.64 Å². The Morgan fingerprint density at radius 3 is 2.88 bits per heavy atom. The molecule has 1 aliphatic heterocycles. The lowest BCUT2D eigenvalue weighted by atomic mass is 9.99. The summed E-state index contributed by atoms with van der Waals surface area (Å²) in [5.74, 6) is 0.352. The van der Waals surface area contributed by atoms with Crippen molar-refractivity contribution in [2.45, 2.75) is 13.3 Å². The van der Waals surface area contributed by atoms with Crippen molar-refractivity contribution in [3.8, 4) is 0 Å². The van der Waals surface area contributed by atoms with Gasteiger partial charge >= 0.3 is 0 Å². The van der Waals surface area contributed by atoms with Gasteiger partial charge in [-0.3, -0.25) is 4.79 Å². The van der Waals surface area contributed by atoms with E-state index in [2.05, 4.69) is 24.0 Å². The van der Waals surface area contributed by atoms with Crippen LogP contribution in [0, 0.1) is 12.8 Å². The summed E-state index contributed by atoms with van der Waals surface area (Å²) in [7, 11) is 2.03. The van der Waals surface area contributed by atoms with Crippen molar-refractivity contribution in [1.82, 2.24) is 0 Å². The third kappa shape index (κ3) is 2.86. The monoisotopic (exact) mass is 233 g/mol. The second-order valence-electron chi connectivity index (χ2n) is 4.66. The van der Waals surface area contributed by atoms with Gasteiger partial charge in [-0.25, -0.2) is 0 Å². The smallest absolute Gasteiger partial charge is 0.142 e. The van der Waals surface area contributed by atoms with Gasteiger partial charge in [0.2, 0.25) is 0 Å². The van der Waals surface area contributed by atoms with Crippen LogP contribution >= 0.6 is 0 Å². The summed E-state index contributed by atoms with van der Waals surface area (Å²) in [6.45, 7) is 3.98. The number of rotatable bonds is 3. The molecule has 0 N–H and O–H groups in total. The van der Waals surface area contributed by atoms with Gasteiger partial charge in [0, 0.05) is 25.7 Å². The van der Waals surface area contributed by atoms with Crippen LogP contribution in [0.4, 0.5) is 5.69 Å². The lowest BCUT2D eigenvalue weighted by molar-refractivity contribution is -0.129. The van der Waals surface area contributed by atoms with Gasteiger partial charge in [-0.15, -0.1) is 0 Å². The highest BCUT2D eigenvalue weighted by molar-refractivity contribution is 5.82. The van der Waals surface area contributed by atoms with Crippen LogP contribution in [0.3, 0.4) is 0 Å². The molecule has 3 nitrogen and oxygen atoms in total. The molecule has 1 atom stereocenters. The molecule has 0 spiro atoms. The Bertz CT molecular complexity index is 403. The topological polar surface area (TPSA) is 29.5 Å². The number of nitrogens with zero attached hydrogens (tertiary/aromatic N) is 1. The summed E-state index contributed by atoms with van der Waals surface area (Å²) in [5, 5.41) is 0. The average Bonchev–Trinajstić information content (AvgIpc) is 2.32. The lowest BCUT2D eigenvalue weighted by Crippen LogP contribution is -2.37. The van der Waals surface area contributed by atoms with Crippen molar-refractivity contribution in [3.63, 3.8) is 0 Å². The number of carbonyl (C=O) groups is 1. The minimum Gasteiger partial charge on any atom is -0.380 e. The van der Waals surface area contributed by atoms with Crippen LogP contribution in [-0.4, -0.2) is 32.6 Å². The Morgan fingerprint density at radius 2 is 2.18 bits per heavy atom. The summed E-state index contributed by atoms with van der Waals surface area (Å²) >= 11 is 0. The Labute approximate surface area is 102 Å². The van der Waals surface area contributed by atoms with Gasteiger partial charge in [0.25, 0.3) is 0 Å². The van der Waals surface area contributed by atoms with Crippen molar-refractivity contribution in [2.75, 3.05) is 31.7 Å². The Morgan fingerprint density at radius 1 is 1.41 bits per heavy atom. The molecule has 92 valence electrons. The van der Waals surface area contributed by atoms with Crippen LogP contribution in [0.1, 0.15) is 12.0 Å². The largest absolute Gasteiger partial charge is 0.380 e. The van der Waals surface area contributed by atoms with Gasteiger partial charge in [0.15, 0.2) is 0 Å². The molecular formula is C14H19NO2. The van der Waals surface area contributed by atoms with Gasteiger partial charge in [0.05, 0.1) is 19.1 Å². The molecule has 17 heavy (non-hydrogen) atoms. The molecule has 0 radical (unpaired) electrons. The normalized spacial score (nSPS) is 20.4. The number of para-hydroxylation sites is 1. The molecule has 1 unspecified atom stereocenters. The molecule has 1 saturated heterocycles. The van der Waals surface area contributed by atoms with Crippen LogP contribution < -0.4 is 4.90 Å². The van der Waals surface area contributed by atoms with Crippen LogP contribution in [0.25, 0.3) is 0 Å². The Balaban J connectivity index is 2.03. The van der Waals surface area contributed by atoms with Crippen molar-refractivity contribution < 1.29 is 9.53 Å². The number of ketones is 1. The number of anilines is 1. The first-order valence-corrected chi connectivity index (χ1v) is 6.05. The first kappa shape index (κ1) is 12.1. The fourth-order valence-electron chi connectivity index (χ4n) is 2.27. The zero-order valence-electron chi connectivity index (χ0n) is 10.5. The third-order valence-corrected chi connectivity index (χ3v) is 3.29. The molecule has 3 heteroatoms. The van der Waals surface area contributed by atoms with E-state index in [4.69, 9.17) is 4.74 Å². The van der Waals surface area contributed by atoms with Crippen LogP contribution in [-0.2, 0) is 9.53 Å². The number of Topliss-reactive ketones (excluding diaryl/α,β-unsaturated/α-hetero) is 1. The molecule has 0 aliphatic carbocycles. The molecule has 1 fully saturated rings. The summed E-state index contributed by atoms with van der Waals surface area (Å²) in [6.07, 6.45) is 0.562. The predicted octanol–water partition coefficient (Wildman–Crippen LogP) is 2.04. The summed E-state index contributed by atoms with van der Waals surface area (Å²) < 4.78 is 5.37. The highest BCUT2D eigenvalue weighted by atomic mass is 16.5. The quantitative estimate of drug-likeness (QED) is 0.800. The molecule has 0 amide bonds. The maximum absolute atomic E-state index is 11.7. The standard InChI is InChI=1S/C14H19NO2/c1-11-5-3-4-6-13(11)15(2)9-12-10-17-8-7-14(12)16/h3-6,12H,7-10H2,1-2H3. The van der Waals surface area contributed by atoms with Gasteiger partial charge in [0.1, 0.15) is 5.78 Å². The van der Waals surface area contributed by atoms with Crippen LogP contribution in [0.5, 0.6) is 0 Å². The predicted molar refractivity (Wildman–Crippen MR) is 68.4 cm³/mol. The second-order valence-corrected chi connectivity index (χ2v) is 4.66. The lowest BCUT2D eigenvalue weighted by Gasteiger charge is -2.28. The average molecular weight is 233 g/mol. The number of aryl methyl sites for hydroxylation is 1. The fraction of sp³-hybridized carbons (Fsp3) is 0.500. The van der Waals surface area contributed by atoms with E-state index >= 15 is 0 Å². The number of hydrogen-bond donors (Lipinski definition) is 0. The van der Waals surface area contributed by atoms with E-state index < -0.39 is 0 Å². The molecule has 0 saturated carbocycles. The second kappa shape index (κ2) is 5.32. The number of benzene rings is 1. The van der Waals surface area contributed by atoms with E-state index in [9.17, 15) is 4.79 Å². The van der Waals surface area contributed by atoms with Crippen molar-refractivity contribution >= 4 is 11.5 Å². The number of ether oxygens (including phenoxy) is 1. The molecule has 0 bridgehead atoms. The maximum atomic E-state index is 11.7. The minimum atomic E-state index is 0.0216. The van der Waals surface area contributed by atoms with Crippen molar-refractivity contribution in [3.05, 3.63) is 29.8 Å². The van der Waals surface area contributed by atoms with E-state index in [0.29, 0.717) is 25.4 Å². The summed E-state index contributed by atoms with van der Waals surface area (Å²) in [4.78, 5) is 13.9. The molecule has 0 aromatic heterocycles. The number of hydrogen-bond acceptors (Lipinski definition) is 3. The zero-order chi connectivity index (χ0) is 12.3. The van der Waals surface area contributed by atoms with E-state index in [0.717, 1.165) is 6.54 Å². The summed E-state index contributed by atoms with van der Waals surface area (Å²) in [6, 6.07) is 8.23. The highest BCUT2D eigenvalue weighted by Crippen LogP contribution is 2.20. The molecule has 1 heterocycles. The zero-order valence-corrected chi connectivity index (χ0v) is 10.5. The Hall–Kier alpha value is -1.35. The van der Waals surface area contributed by atoms with Crippen LogP contribution in [0.15, 0.2) is 24.3 Å². The van der Waals surface area contributed by atoms with Crippen molar-refractivity contribution in [2.24, 2.45) is 5.92 Å². The maximum Gasteiger partial charge on any atom is 0.142 e. The molecule has 2 rings (SSSR count). The Kier molecular flexibility index (Phi) is 3.79.